The molecule has 5 heteroatoms. The third-order valence-corrected chi connectivity index (χ3v) is 4.31. The van der Waals surface area contributed by atoms with Gasteiger partial charge in [-0.05, 0) is 39.2 Å². The second-order valence-corrected chi connectivity index (χ2v) is 7.37. The zero-order valence-electron chi connectivity index (χ0n) is 14.2. The average molecular weight is 318 g/mol. The van der Waals surface area contributed by atoms with Gasteiger partial charge in [0.15, 0.2) is 0 Å². The third kappa shape index (κ3) is 4.10. The van der Waals surface area contributed by atoms with Crippen molar-refractivity contribution in [3.8, 4) is 0 Å². The fraction of sp³-hybridized carbons (Fsp3) is 0.611. The Morgan fingerprint density at radius 2 is 1.96 bits per heavy atom. The van der Waals surface area contributed by atoms with Crippen molar-refractivity contribution in [2.75, 3.05) is 13.2 Å². The monoisotopic (exact) mass is 318 g/mol. The van der Waals surface area contributed by atoms with Gasteiger partial charge in [-0.3, -0.25) is 14.5 Å². The van der Waals surface area contributed by atoms with Gasteiger partial charge in [-0.2, -0.15) is 5.06 Å². The molecule has 2 heterocycles. The van der Waals surface area contributed by atoms with E-state index >= 15 is 0 Å². The highest BCUT2D eigenvalue weighted by Gasteiger charge is 2.43. The minimum atomic E-state index is -0.433. The molecule has 2 aliphatic rings. The SMILES string of the molecule is CC(C)(C)OC(=O)C1CCC2CN1CN2OCc1ccccc1. The largest absolute Gasteiger partial charge is 0.459 e. The summed E-state index contributed by atoms with van der Waals surface area (Å²) in [6.07, 6.45) is 1.81. The standard InChI is InChI=1S/C18H26N2O3/c1-18(2,3)23-17(21)16-10-9-15-11-19(16)13-20(15)22-12-14-7-5-4-6-8-14/h4-8,15-16H,9-13H2,1-3H3. The first kappa shape index (κ1) is 16.4. The summed E-state index contributed by atoms with van der Waals surface area (Å²) < 4.78 is 5.55. The van der Waals surface area contributed by atoms with Gasteiger partial charge in [0.2, 0.25) is 0 Å². The summed E-state index contributed by atoms with van der Waals surface area (Å²) in [5.74, 6) is -0.110. The number of carbonyl (C=O) groups excluding carboxylic acids is 1. The van der Waals surface area contributed by atoms with Gasteiger partial charge in [0.1, 0.15) is 11.6 Å². The Morgan fingerprint density at radius 3 is 2.65 bits per heavy atom. The maximum atomic E-state index is 12.4. The van der Waals surface area contributed by atoms with Crippen LogP contribution in [0.5, 0.6) is 0 Å². The number of carbonyl (C=O) groups is 1. The van der Waals surface area contributed by atoms with Crippen LogP contribution in [-0.4, -0.2) is 46.8 Å². The van der Waals surface area contributed by atoms with Crippen molar-refractivity contribution in [2.24, 2.45) is 0 Å². The van der Waals surface area contributed by atoms with Crippen molar-refractivity contribution >= 4 is 5.97 Å². The quantitative estimate of drug-likeness (QED) is 0.798. The molecule has 2 bridgehead atoms. The van der Waals surface area contributed by atoms with Crippen LogP contribution in [-0.2, 0) is 21.0 Å². The van der Waals surface area contributed by atoms with E-state index in [0.717, 1.165) is 24.9 Å². The van der Waals surface area contributed by atoms with Gasteiger partial charge in [0, 0.05) is 12.6 Å². The van der Waals surface area contributed by atoms with Gasteiger partial charge in [-0.1, -0.05) is 30.3 Å². The summed E-state index contributed by atoms with van der Waals surface area (Å²) in [7, 11) is 0. The summed E-state index contributed by atoms with van der Waals surface area (Å²) >= 11 is 0. The first-order valence-corrected chi connectivity index (χ1v) is 8.33. The van der Waals surface area contributed by atoms with E-state index < -0.39 is 5.60 Å². The Morgan fingerprint density at radius 1 is 1.22 bits per heavy atom. The van der Waals surface area contributed by atoms with E-state index in [-0.39, 0.29) is 12.0 Å². The second kappa shape index (κ2) is 6.59. The molecule has 0 saturated carbocycles. The highest BCUT2D eigenvalue weighted by molar-refractivity contribution is 5.76. The Balaban J connectivity index is 1.55. The molecular weight excluding hydrogens is 292 g/mol. The van der Waals surface area contributed by atoms with Crippen molar-refractivity contribution in [3.63, 3.8) is 0 Å². The highest BCUT2D eigenvalue weighted by Crippen LogP contribution is 2.30. The molecule has 1 aromatic carbocycles. The topological polar surface area (TPSA) is 42.0 Å². The van der Waals surface area contributed by atoms with Gasteiger partial charge < -0.3 is 4.74 Å². The molecule has 3 rings (SSSR count). The lowest BCUT2D eigenvalue weighted by atomic mass is 10.0. The van der Waals surface area contributed by atoms with Gasteiger partial charge in [-0.25, -0.2) is 0 Å². The molecule has 5 nitrogen and oxygen atoms in total. The molecule has 0 aromatic heterocycles. The molecule has 2 fully saturated rings. The first-order chi connectivity index (χ1) is 10.9. The summed E-state index contributed by atoms with van der Waals surface area (Å²) in [5, 5.41) is 2.03. The fourth-order valence-corrected chi connectivity index (χ4v) is 3.22. The van der Waals surface area contributed by atoms with Gasteiger partial charge >= 0.3 is 5.97 Å². The predicted octanol–water partition coefficient (Wildman–Crippen LogP) is 2.57. The highest BCUT2D eigenvalue weighted by atomic mass is 16.7. The molecular formula is C18H26N2O3. The predicted molar refractivity (Wildman–Crippen MR) is 87.3 cm³/mol. The number of hydrogen-bond acceptors (Lipinski definition) is 5. The zero-order valence-corrected chi connectivity index (χ0v) is 14.2. The zero-order chi connectivity index (χ0) is 16.4. The molecule has 0 aliphatic carbocycles. The molecule has 0 N–H and O–H groups in total. The Hall–Kier alpha value is -1.43. The minimum Gasteiger partial charge on any atom is -0.459 e. The molecule has 126 valence electrons. The van der Waals surface area contributed by atoms with Crippen LogP contribution in [0.2, 0.25) is 0 Å². The summed E-state index contributed by atoms with van der Waals surface area (Å²) in [6.45, 7) is 7.85. The lowest BCUT2D eigenvalue weighted by molar-refractivity contribution is -0.182. The van der Waals surface area contributed by atoms with E-state index in [1.807, 2.05) is 44.0 Å². The summed E-state index contributed by atoms with van der Waals surface area (Å²) in [4.78, 5) is 20.5. The van der Waals surface area contributed by atoms with Crippen molar-refractivity contribution in [1.82, 2.24) is 9.96 Å². The van der Waals surface area contributed by atoms with Gasteiger partial charge in [-0.15, -0.1) is 0 Å². The van der Waals surface area contributed by atoms with Crippen LogP contribution in [0.25, 0.3) is 0 Å². The fourth-order valence-electron chi connectivity index (χ4n) is 3.22. The maximum absolute atomic E-state index is 12.4. The average Bonchev–Trinajstić information content (AvgIpc) is 2.80. The van der Waals surface area contributed by atoms with Crippen molar-refractivity contribution in [3.05, 3.63) is 35.9 Å². The number of hydrogen-bond donors (Lipinski definition) is 0. The lowest BCUT2D eigenvalue weighted by Crippen LogP contribution is -2.46. The van der Waals surface area contributed by atoms with E-state index in [1.54, 1.807) is 0 Å². The van der Waals surface area contributed by atoms with E-state index in [0.29, 0.717) is 19.3 Å². The van der Waals surface area contributed by atoms with E-state index in [2.05, 4.69) is 17.0 Å². The van der Waals surface area contributed by atoms with Crippen LogP contribution in [0, 0.1) is 0 Å². The normalized spacial score (nSPS) is 27.9. The van der Waals surface area contributed by atoms with Crippen LogP contribution < -0.4 is 0 Å². The van der Waals surface area contributed by atoms with E-state index in [1.165, 1.54) is 0 Å². The van der Waals surface area contributed by atoms with E-state index in [9.17, 15) is 4.79 Å². The minimum absolute atomic E-state index is 0.110. The number of esters is 1. The van der Waals surface area contributed by atoms with Crippen molar-refractivity contribution in [1.29, 1.82) is 0 Å². The third-order valence-electron chi connectivity index (χ3n) is 4.31. The smallest absolute Gasteiger partial charge is 0.323 e. The molecule has 3 atom stereocenters. The number of hydroxylamine groups is 2. The number of nitrogens with zero attached hydrogens (tertiary/aromatic N) is 2. The van der Waals surface area contributed by atoms with Crippen molar-refractivity contribution < 1.29 is 14.4 Å². The molecule has 2 aliphatic heterocycles. The Labute approximate surface area is 138 Å². The molecule has 23 heavy (non-hydrogen) atoms. The van der Waals surface area contributed by atoms with Crippen LogP contribution in [0.15, 0.2) is 30.3 Å². The Kier molecular flexibility index (Phi) is 4.71. The van der Waals surface area contributed by atoms with Crippen LogP contribution in [0.1, 0.15) is 39.2 Å². The van der Waals surface area contributed by atoms with Gasteiger partial charge in [0.25, 0.3) is 0 Å². The van der Waals surface area contributed by atoms with Crippen LogP contribution in [0.4, 0.5) is 0 Å². The number of piperidine rings is 1. The molecule has 3 unspecified atom stereocenters. The molecule has 0 radical (unpaired) electrons. The van der Waals surface area contributed by atoms with Crippen molar-refractivity contribution in [2.45, 2.75) is 57.9 Å². The number of fused-ring (bicyclic) bond motifs is 2. The second-order valence-electron chi connectivity index (χ2n) is 7.37. The number of ether oxygens (including phenoxy) is 1. The summed E-state index contributed by atoms with van der Waals surface area (Å²) in [6, 6.07) is 10.4. The van der Waals surface area contributed by atoms with Gasteiger partial charge in [0.05, 0.1) is 13.3 Å². The van der Waals surface area contributed by atoms with E-state index in [4.69, 9.17) is 9.57 Å². The Bertz CT molecular complexity index is 541. The van der Waals surface area contributed by atoms with Crippen LogP contribution in [0.3, 0.4) is 0 Å². The first-order valence-electron chi connectivity index (χ1n) is 8.33. The summed E-state index contributed by atoms with van der Waals surface area (Å²) in [5.41, 5.74) is 0.726. The lowest BCUT2D eigenvalue weighted by Gasteiger charge is -2.31. The number of rotatable bonds is 4. The molecule has 2 saturated heterocycles. The molecule has 0 spiro atoms. The number of benzene rings is 1. The molecule has 0 amide bonds. The van der Waals surface area contributed by atoms with Crippen LogP contribution >= 0.6 is 0 Å². The maximum Gasteiger partial charge on any atom is 0.323 e. The molecule has 1 aromatic rings.